The molecule has 1 unspecified atom stereocenters. The van der Waals surface area contributed by atoms with E-state index in [0.29, 0.717) is 53.6 Å². The van der Waals surface area contributed by atoms with Crippen LogP contribution in [0.4, 0.5) is 14.6 Å². The van der Waals surface area contributed by atoms with Gasteiger partial charge >= 0.3 is 0 Å². The first-order valence-corrected chi connectivity index (χ1v) is 14.1. The maximum absolute atomic E-state index is 15.0. The lowest BCUT2D eigenvalue weighted by molar-refractivity contribution is 0.143. The molecule has 2 atom stereocenters. The molecule has 0 bridgehead atoms. The predicted octanol–water partition coefficient (Wildman–Crippen LogP) is 4.99. The zero-order valence-corrected chi connectivity index (χ0v) is 22.2. The molecule has 37 heavy (non-hydrogen) atoms. The van der Waals surface area contributed by atoms with E-state index in [2.05, 4.69) is 20.3 Å². The molecule has 1 fully saturated rings. The molecule has 200 valence electrons. The number of alkyl halides is 1. The van der Waals surface area contributed by atoms with Gasteiger partial charge in [0.2, 0.25) is 5.88 Å². The standard InChI is InChI=1S/C26H32F2N4O4S/c1-15(27)19-6-5-7-20(23(19)28)16(2)29-24-22-14-21(18-8-12-37(33,34)13-9-18)26(36-11-10-35-4)32-25(22)31-17(3)30-24/h5-7,14-16,18H,8-13H2,1-4H3,(H,29,30,31,32)/t15?,16-/m1/s1. The minimum atomic E-state index is -3.05. The van der Waals surface area contributed by atoms with Crippen LogP contribution in [0.1, 0.15) is 67.3 Å². The molecule has 1 aromatic carbocycles. The maximum Gasteiger partial charge on any atom is 0.218 e. The first kappa shape index (κ1) is 27.1. The van der Waals surface area contributed by atoms with Crippen LogP contribution in [-0.4, -0.2) is 55.2 Å². The average Bonchev–Trinajstić information content (AvgIpc) is 2.84. The summed E-state index contributed by atoms with van der Waals surface area (Å²) in [6.45, 7) is 5.46. The van der Waals surface area contributed by atoms with Crippen molar-refractivity contribution >= 4 is 26.7 Å². The van der Waals surface area contributed by atoms with Crippen molar-refractivity contribution in [3.63, 3.8) is 0 Å². The molecular weight excluding hydrogens is 502 g/mol. The summed E-state index contributed by atoms with van der Waals surface area (Å²) in [5.41, 5.74) is 1.50. The SMILES string of the molecule is COCCOc1nc2nc(C)nc(N[C@H](C)c3cccc(C(C)F)c3F)c2cc1C1CCS(=O)(=O)CC1. The van der Waals surface area contributed by atoms with Crippen LogP contribution in [0, 0.1) is 12.7 Å². The summed E-state index contributed by atoms with van der Waals surface area (Å²) in [6, 6.07) is 6.04. The number of rotatable bonds is 9. The number of nitrogens with zero attached hydrogens (tertiary/aromatic N) is 3. The normalized spacial score (nSPS) is 17.5. The Balaban J connectivity index is 1.75. The topological polar surface area (TPSA) is 103 Å². The van der Waals surface area contributed by atoms with E-state index in [1.54, 1.807) is 33.1 Å². The van der Waals surface area contributed by atoms with E-state index >= 15 is 4.39 Å². The third-order valence-electron chi connectivity index (χ3n) is 6.62. The van der Waals surface area contributed by atoms with Crippen LogP contribution in [0.15, 0.2) is 24.3 Å². The van der Waals surface area contributed by atoms with Gasteiger partial charge in [0.25, 0.3) is 0 Å². The van der Waals surface area contributed by atoms with Crippen LogP contribution in [0.5, 0.6) is 5.88 Å². The van der Waals surface area contributed by atoms with Gasteiger partial charge in [0.1, 0.15) is 40.1 Å². The van der Waals surface area contributed by atoms with E-state index in [1.807, 2.05) is 6.07 Å². The molecule has 1 aliphatic heterocycles. The number of aromatic nitrogens is 3. The minimum absolute atomic E-state index is 0.00364. The molecule has 1 N–H and O–H groups in total. The quantitative estimate of drug-likeness (QED) is 0.383. The van der Waals surface area contributed by atoms with Gasteiger partial charge < -0.3 is 14.8 Å². The highest BCUT2D eigenvalue weighted by atomic mass is 32.2. The molecule has 0 spiro atoms. The van der Waals surface area contributed by atoms with Crippen LogP contribution in [0.2, 0.25) is 0 Å². The highest BCUT2D eigenvalue weighted by Crippen LogP contribution is 2.38. The number of hydrogen-bond donors (Lipinski definition) is 1. The lowest BCUT2D eigenvalue weighted by Gasteiger charge is -2.25. The van der Waals surface area contributed by atoms with Crippen molar-refractivity contribution in [1.29, 1.82) is 0 Å². The Morgan fingerprint density at radius 2 is 1.81 bits per heavy atom. The fourth-order valence-corrected chi connectivity index (χ4v) is 6.09. The molecule has 0 radical (unpaired) electrons. The Kier molecular flexibility index (Phi) is 8.23. The summed E-state index contributed by atoms with van der Waals surface area (Å²) in [7, 11) is -1.48. The second-order valence-corrected chi connectivity index (χ2v) is 11.7. The first-order chi connectivity index (χ1) is 17.6. The smallest absolute Gasteiger partial charge is 0.218 e. The number of anilines is 1. The zero-order valence-electron chi connectivity index (χ0n) is 21.4. The van der Waals surface area contributed by atoms with Gasteiger partial charge in [0.15, 0.2) is 5.65 Å². The first-order valence-electron chi connectivity index (χ1n) is 12.3. The number of fused-ring (bicyclic) bond motifs is 1. The highest BCUT2D eigenvalue weighted by Gasteiger charge is 2.29. The molecule has 3 aromatic rings. The van der Waals surface area contributed by atoms with E-state index < -0.39 is 27.9 Å². The molecule has 11 heteroatoms. The fourth-order valence-electron chi connectivity index (χ4n) is 4.60. The molecule has 3 heterocycles. The minimum Gasteiger partial charge on any atom is -0.475 e. The molecule has 2 aromatic heterocycles. The Morgan fingerprint density at radius 3 is 2.49 bits per heavy atom. The van der Waals surface area contributed by atoms with Crippen molar-refractivity contribution in [2.45, 2.75) is 51.7 Å². The molecule has 8 nitrogen and oxygen atoms in total. The molecule has 1 aliphatic rings. The van der Waals surface area contributed by atoms with E-state index in [4.69, 9.17) is 9.47 Å². The van der Waals surface area contributed by atoms with Crippen molar-refractivity contribution in [1.82, 2.24) is 15.0 Å². The summed E-state index contributed by atoms with van der Waals surface area (Å²) in [5.74, 6) is 0.842. The largest absolute Gasteiger partial charge is 0.475 e. The Bertz CT molecular complexity index is 1370. The Morgan fingerprint density at radius 1 is 1.11 bits per heavy atom. The van der Waals surface area contributed by atoms with Crippen LogP contribution in [0.3, 0.4) is 0 Å². The van der Waals surface area contributed by atoms with E-state index in [9.17, 15) is 12.8 Å². The second-order valence-electron chi connectivity index (χ2n) is 9.37. The van der Waals surface area contributed by atoms with Crippen LogP contribution in [-0.2, 0) is 14.6 Å². The summed E-state index contributed by atoms with van der Waals surface area (Å²) in [6.07, 6.45) is -0.514. The van der Waals surface area contributed by atoms with Gasteiger partial charge in [-0.05, 0) is 45.6 Å². The zero-order chi connectivity index (χ0) is 26.7. The van der Waals surface area contributed by atoms with Gasteiger partial charge in [-0.3, -0.25) is 0 Å². The van der Waals surface area contributed by atoms with Gasteiger partial charge in [-0.2, -0.15) is 4.98 Å². The average molecular weight is 535 g/mol. The van der Waals surface area contributed by atoms with Crippen molar-refractivity contribution in [2.24, 2.45) is 0 Å². The molecule has 4 rings (SSSR count). The van der Waals surface area contributed by atoms with Crippen molar-refractivity contribution in [2.75, 3.05) is 37.1 Å². The van der Waals surface area contributed by atoms with Crippen LogP contribution >= 0.6 is 0 Å². The lowest BCUT2D eigenvalue weighted by Crippen LogP contribution is -2.23. The van der Waals surface area contributed by atoms with Crippen molar-refractivity contribution < 1.29 is 26.7 Å². The van der Waals surface area contributed by atoms with Gasteiger partial charge in [-0.15, -0.1) is 0 Å². The predicted molar refractivity (Wildman–Crippen MR) is 138 cm³/mol. The van der Waals surface area contributed by atoms with E-state index in [-0.39, 0.29) is 29.6 Å². The summed E-state index contributed by atoms with van der Waals surface area (Å²) in [5, 5.41) is 3.86. The van der Waals surface area contributed by atoms with Crippen molar-refractivity contribution in [3.8, 4) is 5.88 Å². The van der Waals surface area contributed by atoms with Gasteiger partial charge in [-0.25, -0.2) is 27.2 Å². The number of nitrogens with one attached hydrogen (secondary N) is 1. The van der Waals surface area contributed by atoms with E-state index in [0.717, 1.165) is 5.56 Å². The monoisotopic (exact) mass is 534 g/mol. The molecule has 0 amide bonds. The number of aryl methyl sites for hydroxylation is 1. The third kappa shape index (κ3) is 6.15. The lowest BCUT2D eigenvalue weighted by atomic mass is 9.93. The number of halogens is 2. The number of sulfone groups is 1. The van der Waals surface area contributed by atoms with Crippen LogP contribution in [0.25, 0.3) is 11.0 Å². The van der Waals surface area contributed by atoms with Gasteiger partial charge in [0.05, 0.1) is 29.5 Å². The Labute approximate surface area is 215 Å². The molecule has 1 saturated heterocycles. The Hall–Kier alpha value is -2.92. The number of benzene rings is 1. The van der Waals surface area contributed by atoms with E-state index in [1.165, 1.54) is 13.0 Å². The molecule has 0 aliphatic carbocycles. The summed E-state index contributed by atoms with van der Waals surface area (Å²) >= 11 is 0. The number of hydrogen-bond acceptors (Lipinski definition) is 8. The highest BCUT2D eigenvalue weighted by molar-refractivity contribution is 7.91. The van der Waals surface area contributed by atoms with Gasteiger partial charge in [-0.1, -0.05) is 18.2 Å². The second kappa shape index (κ2) is 11.2. The maximum atomic E-state index is 15.0. The third-order valence-corrected chi connectivity index (χ3v) is 8.33. The molecular formula is C26H32F2N4O4S. The molecule has 0 saturated carbocycles. The summed E-state index contributed by atoms with van der Waals surface area (Å²) in [4.78, 5) is 13.7. The number of methoxy groups -OCH3 is 1. The van der Waals surface area contributed by atoms with Crippen molar-refractivity contribution in [3.05, 3.63) is 52.6 Å². The number of ether oxygens (including phenoxy) is 2. The summed E-state index contributed by atoms with van der Waals surface area (Å²) < 4.78 is 64.0. The van der Waals surface area contributed by atoms with Gasteiger partial charge in [0, 0.05) is 23.8 Å². The number of pyridine rings is 1. The van der Waals surface area contributed by atoms with Crippen LogP contribution < -0.4 is 10.1 Å². The fraction of sp³-hybridized carbons (Fsp3) is 0.500.